The first-order valence-electron chi connectivity index (χ1n) is 9.59. The van der Waals surface area contributed by atoms with Crippen LogP contribution in [0.1, 0.15) is 40.6 Å². The Morgan fingerprint density at radius 2 is 1.88 bits per heavy atom. The first kappa shape index (κ1) is 17.6. The van der Waals surface area contributed by atoms with Crippen molar-refractivity contribution in [3.8, 4) is 0 Å². The van der Waals surface area contributed by atoms with E-state index >= 15 is 0 Å². The van der Waals surface area contributed by atoms with Gasteiger partial charge in [0, 0.05) is 23.0 Å². The Morgan fingerprint density at radius 3 is 2.54 bits per heavy atom. The Labute approximate surface area is 160 Å². The van der Waals surface area contributed by atoms with Gasteiger partial charge >= 0.3 is 0 Å². The highest BCUT2D eigenvalue weighted by molar-refractivity contribution is 6.33. The second kappa shape index (κ2) is 7.09. The van der Waals surface area contributed by atoms with E-state index in [0.717, 1.165) is 48.1 Å². The zero-order valence-corrected chi connectivity index (χ0v) is 16.4. The number of nitrogens with one attached hydrogen (secondary N) is 1. The van der Waals surface area contributed by atoms with Crippen LogP contribution in [-0.2, 0) is 0 Å². The van der Waals surface area contributed by atoms with E-state index in [9.17, 15) is 4.79 Å². The molecule has 1 saturated carbocycles. The molecule has 0 unspecified atom stereocenters. The van der Waals surface area contributed by atoms with Crippen LogP contribution in [0.2, 0.25) is 5.02 Å². The second-order valence-corrected chi connectivity index (χ2v) is 8.08. The van der Waals surface area contributed by atoms with Crippen LogP contribution in [0.25, 0.3) is 0 Å². The number of hydrogen-bond donors (Lipinski definition) is 1. The number of halogens is 1. The second-order valence-electron chi connectivity index (χ2n) is 7.67. The number of quaternary nitrogens is 1. The number of ketones is 1. The van der Waals surface area contributed by atoms with Crippen molar-refractivity contribution in [2.45, 2.75) is 32.7 Å². The van der Waals surface area contributed by atoms with Crippen LogP contribution in [0.4, 0.5) is 5.69 Å². The summed E-state index contributed by atoms with van der Waals surface area (Å²) in [6, 6.07) is 10.7. The van der Waals surface area contributed by atoms with Crippen molar-refractivity contribution in [2.75, 3.05) is 37.6 Å². The van der Waals surface area contributed by atoms with Gasteiger partial charge in [-0.3, -0.25) is 4.79 Å². The summed E-state index contributed by atoms with van der Waals surface area (Å²) < 4.78 is 2.36. The number of carbonyl (C=O) groups is 1. The van der Waals surface area contributed by atoms with E-state index < -0.39 is 0 Å². The third-order valence-corrected chi connectivity index (χ3v) is 6.09. The Balaban J connectivity index is 1.38. The maximum absolute atomic E-state index is 12.9. The summed E-state index contributed by atoms with van der Waals surface area (Å²) in [5, 5.41) is 0.805. The molecule has 2 fully saturated rings. The van der Waals surface area contributed by atoms with Crippen LogP contribution in [-0.4, -0.2) is 43.1 Å². The van der Waals surface area contributed by atoms with Crippen molar-refractivity contribution in [3.05, 3.63) is 52.3 Å². The zero-order chi connectivity index (χ0) is 18.3. The predicted octanol–water partition coefficient (Wildman–Crippen LogP) is 2.68. The fourth-order valence-corrected chi connectivity index (χ4v) is 4.48. The summed E-state index contributed by atoms with van der Waals surface area (Å²) in [6.07, 6.45) is 2.50. The average Bonchev–Trinajstić information content (AvgIpc) is 3.41. The normalized spacial score (nSPS) is 18.3. The highest BCUT2D eigenvalue weighted by atomic mass is 35.5. The molecule has 26 heavy (non-hydrogen) atoms. The molecular weight excluding hydrogens is 346 g/mol. The van der Waals surface area contributed by atoms with Crippen molar-refractivity contribution in [3.63, 3.8) is 0 Å². The van der Waals surface area contributed by atoms with Crippen LogP contribution in [0.15, 0.2) is 30.3 Å². The molecule has 1 aliphatic heterocycles. The third-order valence-electron chi connectivity index (χ3n) is 5.77. The number of para-hydroxylation sites is 1. The molecule has 1 aromatic heterocycles. The summed E-state index contributed by atoms with van der Waals surface area (Å²) in [6.45, 7) is 8.63. The van der Waals surface area contributed by atoms with Gasteiger partial charge in [0.2, 0.25) is 5.78 Å². The largest absolute Gasteiger partial charge is 0.359 e. The number of Topliss-reactive ketones (excluding diaryl/α,β-unsaturated/α-hetero) is 1. The molecule has 4 rings (SSSR count). The molecule has 0 spiro atoms. The lowest BCUT2D eigenvalue weighted by Gasteiger charge is -2.33. The van der Waals surface area contributed by atoms with Gasteiger partial charge in [-0.05, 0) is 44.9 Å². The minimum Gasteiger partial charge on any atom is -0.359 e. The van der Waals surface area contributed by atoms with E-state index in [0.29, 0.717) is 12.6 Å². The highest BCUT2D eigenvalue weighted by Crippen LogP contribution is 2.38. The van der Waals surface area contributed by atoms with E-state index in [2.05, 4.69) is 35.4 Å². The molecule has 0 bridgehead atoms. The minimum absolute atomic E-state index is 0.284. The first-order chi connectivity index (χ1) is 12.5. The van der Waals surface area contributed by atoms with E-state index in [1.165, 1.54) is 23.4 Å². The van der Waals surface area contributed by atoms with Crippen LogP contribution >= 0.6 is 11.6 Å². The van der Waals surface area contributed by atoms with Crippen LogP contribution < -0.4 is 9.80 Å². The number of piperazine rings is 1. The monoisotopic (exact) mass is 372 g/mol. The van der Waals surface area contributed by atoms with Gasteiger partial charge in [0.25, 0.3) is 0 Å². The summed E-state index contributed by atoms with van der Waals surface area (Å²) in [7, 11) is 0. The van der Waals surface area contributed by atoms with Gasteiger partial charge in [0.1, 0.15) is 6.54 Å². The van der Waals surface area contributed by atoms with Gasteiger partial charge in [-0.15, -0.1) is 0 Å². The number of benzene rings is 1. The van der Waals surface area contributed by atoms with Crippen LogP contribution in [0.3, 0.4) is 0 Å². The Morgan fingerprint density at radius 1 is 1.19 bits per heavy atom. The number of aromatic nitrogens is 1. The average molecular weight is 373 g/mol. The lowest BCUT2D eigenvalue weighted by atomic mass is 10.1. The van der Waals surface area contributed by atoms with Gasteiger partial charge in [0.15, 0.2) is 0 Å². The number of nitrogens with zero attached hydrogens (tertiary/aromatic N) is 2. The summed E-state index contributed by atoms with van der Waals surface area (Å²) in [5.41, 5.74) is 4.42. The molecule has 5 heteroatoms. The SMILES string of the molecule is Cc1cc(C(=O)C[NH+]2CCN(c3ccccc3Cl)CC2)c(C)n1C1CC1. The van der Waals surface area contributed by atoms with Crippen molar-refractivity contribution in [1.82, 2.24) is 4.57 Å². The van der Waals surface area contributed by atoms with Gasteiger partial charge in [-0.2, -0.15) is 0 Å². The van der Waals surface area contributed by atoms with Crippen LogP contribution in [0.5, 0.6) is 0 Å². The Hall–Kier alpha value is -1.78. The molecule has 2 aromatic rings. The third kappa shape index (κ3) is 3.40. The maximum atomic E-state index is 12.9. The summed E-state index contributed by atoms with van der Waals surface area (Å²) in [4.78, 5) is 16.6. The fourth-order valence-electron chi connectivity index (χ4n) is 4.23. The minimum atomic E-state index is 0.284. The molecule has 0 atom stereocenters. The molecule has 2 heterocycles. The molecule has 0 amide bonds. The topological polar surface area (TPSA) is 29.7 Å². The smallest absolute Gasteiger partial charge is 0.218 e. The molecule has 138 valence electrons. The van der Waals surface area contributed by atoms with Crippen molar-refractivity contribution in [1.29, 1.82) is 0 Å². The van der Waals surface area contributed by atoms with E-state index in [4.69, 9.17) is 11.6 Å². The van der Waals surface area contributed by atoms with E-state index in [-0.39, 0.29) is 5.78 Å². The standard InChI is InChI=1S/C21H26ClN3O/c1-15-13-18(16(2)25(15)17-7-8-17)21(26)14-23-9-11-24(12-10-23)20-6-4-3-5-19(20)22/h3-6,13,17H,7-12,14H2,1-2H3/p+1. The molecule has 4 nitrogen and oxygen atoms in total. The van der Waals surface area contributed by atoms with Gasteiger partial charge in [-0.25, -0.2) is 0 Å². The summed E-state index contributed by atoms with van der Waals surface area (Å²) in [5.74, 6) is 0.284. The molecular formula is C21H27ClN3O+. The lowest BCUT2D eigenvalue weighted by molar-refractivity contribution is -0.892. The highest BCUT2D eigenvalue weighted by Gasteiger charge is 2.30. The molecule has 1 saturated heterocycles. The number of aryl methyl sites for hydroxylation is 1. The lowest BCUT2D eigenvalue weighted by Crippen LogP contribution is -3.15. The molecule has 1 aliphatic carbocycles. The van der Waals surface area contributed by atoms with Crippen LogP contribution in [0, 0.1) is 13.8 Å². The molecule has 1 aromatic carbocycles. The Kier molecular flexibility index (Phi) is 4.80. The van der Waals surface area contributed by atoms with Crippen molar-refractivity contribution in [2.24, 2.45) is 0 Å². The predicted molar refractivity (Wildman–Crippen MR) is 106 cm³/mol. The van der Waals surface area contributed by atoms with Crippen molar-refractivity contribution < 1.29 is 9.69 Å². The van der Waals surface area contributed by atoms with E-state index in [1.54, 1.807) is 0 Å². The van der Waals surface area contributed by atoms with Gasteiger partial charge in [-0.1, -0.05) is 23.7 Å². The number of hydrogen-bond acceptors (Lipinski definition) is 2. The quantitative estimate of drug-likeness (QED) is 0.818. The number of carbonyl (C=O) groups excluding carboxylic acids is 1. The molecule has 0 radical (unpaired) electrons. The molecule has 2 aliphatic rings. The van der Waals surface area contributed by atoms with Gasteiger partial charge in [0.05, 0.1) is 36.9 Å². The first-order valence-corrected chi connectivity index (χ1v) is 9.97. The number of anilines is 1. The number of rotatable bonds is 5. The van der Waals surface area contributed by atoms with Crippen molar-refractivity contribution >= 4 is 23.1 Å². The molecule has 1 N–H and O–H groups in total. The van der Waals surface area contributed by atoms with E-state index in [1.807, 2.05) is 18.2 Å². The maximum Gasteiger partial charge on any atom is 0.218 e. The zero-order valence-electron chi connectivity index (χ0n) is 15.6. The fraction of sp³-hybridized carbons (Fsp3) is 0.476. The van der Waals surface area contributed by atoms with Gasteiger partial charge < -0.3 is 14.4 Å². The summed E-state index contributed by atoms with van der Waals surface area (Å²) >= 11 is 6.32. The Bertz CT molecular complexity index is 817.